The van der Waals surface area contributed by atoms with Gasteiger partial charge in [0.1, 0.15) is 0 Å². The fraction of sp³-hybridized carbons (Fsp3) is 0.949. The molecule has 0 aromatic rings. The molecule has 46 heavy (non-hydrogen) atoms. The summed E-state index contributed by atoms with van der Waals surface area (Å²) in [6, 6.07) is 0. The molecule has 0 aromatic heterocycles. The highest BCUT2D eigenvalue weighted by Gasteiger charge is 2.65. The third-order valence-corrected chi connectivity index (χ3v) is 23.9. The normalized spacial score (nSPS) is 40.2. The van der Waals surface area contributed by atoms with Gasteiger partial charge in [0, 0.05) is 17.9 Å². The molecule has 4 rings (SSSR count). The van der Waals surface area contributed by atoms with Gasteiger partial charge >= 0.3 is 0 Å². The Labute approximate surface area is 286 Å². The van der Waals surface area contributed by atoms with Crippen LogP contribution in [0.25, 0.3) is 0 Å². The molecule has 0 unspecified atom stereocenters. The molecule has 268 valence electrons. The maximum absolute atomic E-state index is 11.7. The van der Waals surface area contributed by atoms with Gasteiger partial charge < -0.3 is 24.2 Å². The van der Waals surface area contributed by atoms with Crippen LogP contribution in [0.2, 0.25) is 36.3 Å². The summed E-state index contributed by atoms with van der Waals surface area (Å²) in [6.07, 6.45) is 6.93. The highest BCUT2D eigenvalue weighted by Crippen LogP contribution is 2.68. The van der Waals surface area contributed by atoms with E-state index in [1.165, 1.54) is 18.4 Å². The van der Waals surface area contributed by atoms with Crippen molar-refractivity contribution in [2.45, 2.75) is 188 Å². The Morgan fingerprint density at radius 2 is 1.43 bits per heavy atom. The van der Waals surface area contributed by atoms with Crippen molar-refractivity contribution >= 4 is 16.6 Å². The molecular formula is C39H74O5Si2. The van der Waals surface area contributed by atoms with Crippen molar-refractivity contribution in [1.82, 2.24) is 0 Å². The molecule has 3 N–H and O–H groups in total. The number of rotatable bonds is 9. The summed E-state index contributed by atoms with van der Waals surface area (Å²) >= 11 is 0. The summed E-state index contributed by atoms with van der Waals surface area (Å²) in [6.45, 7) is 35.7. The SMILES string of the molecule is CC(C)CC[C@@H](O[Si](C)(C)C(C)(C)C)[C@@H](C)[C@H]1CC[C@H]2C3=C[C@H](O)[C@H]4[C@@H](O)[C@@H](O)CC[C@]4(C)[C@H]3[C@H](O[Si](C)(C)C(C)(C)C)C[C@]12C. The lowest BCUT2D eigenvalue weighted by Gasteiger charge is -2.63. The van der Waals surface area contributed by atoms with Gasteiger partial charge in [-0.15, -0.1) is 0 Å². The second-order valence-corrected chi connectivity index (χ2v) is 29.9. The van der Waals surface area contributed by atoms with Crippen molar-refractivity contribution in [2.75, 3.05) is 0 Å². The predicted octanol–water partition coefficient (Wildman–Crippen LogP) is 9.33. The molecule has 4 aliphatic rings. The van der Waals surface area contributed by atoms with Gasteiger partial charge in [0.05, 0.1) is 24.4 Å². The number of aliphatic hydroxyl groups is 3. The van der Waals surface area contributed by atoms with Crippen molar-refractivity contribution < 1.29 is 24.2 Å². The molecule has 4 aliphatic carbocycles. The average molecular weight is 679 g/mol. The molecule has 0 spiro atoms. The minimum absolute atomic E-state index is 0.0269. The van der Waals surface area contributed by atoms with Crippen molar-refractivity contribution in [3.8, 4) is 0 Å². The van der Waals surface area contributed by atoms with E-state index in [9.17, 15) is 15.3 Å². The molecule has 0 heterocycles. The molecular weight excluding hydrogens is 605 g/mol. The molecule has 5 nitrogen and oxygen atoms in total. The lowest BCUT2D eigenvalue weighted by Crippen LogP contribution is -2.64. The van der Waals surface area contributed by atoms with E-state index in [1.54, 1.807) is 0 Å². The van der Waals surface area contributed by atoms with Gasteiger partial charge in [-0.05, 0) is 116 Å². The quantitative estimate of drug-likeness (QED) is 0.167. The van der Waals surface area contributed by atoms with Crippen molar-refractivity contribution in [2.24, 2.45) is 46.3 Å². The van der Waals surface area contributed by atoms with Crippen LogP contribution in [-0.4, -0.2) is 62.5 Å². The fourth-order valence-corrected chi connectivity index (χ4v) is 12.8. The maximum atomic E-state index is 11.7. The van der Waals surface area contributed by atoms with Crippen LogP contribution >= 0.6 is 0 Å². The first-order valence-corrected chi connectivity index (χ1v) is 24.7. The van der Waals surface area contributed by atoms with Gasteiger partial charge in [-0.3, -0.25) is 0 Å². The Bertz CT molecular complexity index is 1100. The minimum Gasteiger partial charge on any atom is -0.414 e. The van der Waals surface area contributed by atoms with E-state index < -0.39 is 34.9 Å². The Balaban J connectivity index is 1.79. The Hall–Kier alpha value is -0.0262. The van der Waals surface area contributed by atoms with Crippen LogP contribution in [0.3, 0.4) is 0 Å². The second-order valence-electron chi connectivity index (χ2n) is 20.4. The van der Waals surface area contributed by atoms with E-state index in [0.717, 1.165) is 25.7 Å². The number of aliphatic hydroxyl groups excluding tert-OH is 3. The molecule has 0 aliphatic heterocycles. The van der Waals surface area contributed by atoms with Crippen LogP contribution in [0.5, 0.6) is 0 Å². The third kappa shape index (κ3) is 6.84. The van der Waals surface area contributed by atoms with Crippen LogP contribution < -0.4 is 0 Å². The summed E-state index contributed by atoms with van der Waals surface area (Å²) in [5.74, 6) is 1.73. The lowest BCUT2D eigenvalue weighted by atomic mass is 9.46. The summed E-state index contributed by atoms with van der Waals surface area (Å²) in [4.78, 5) is 0. The number of hydrogen-bond donors (Lipinski definition) is 3. The molecule has 0 radical (unpaired) electrons. The highest BCUT2D eigenvalue weighted by atomic mass is 28.4. The van der Waals surface area contributed by atoms with Crippen LogP contribution in [0, 0.1) is 46.3 Å². The Morgan fingerprint density at radius 3 is 1.98 bits per heavy atom. The monoisotopic (exact) mass is 679 g/mol. The molecule has 7 heteroatoms. The molecule has 0 bridgehead atoms. The van der Waals surface area contributed by atoms with Crippen LogP contribution in [0.4, 0.5) is 0 Å². The lowest BCUT2D eigenvalue weighted by molar-refractivity contribution is -0.172. The molecule has 0 aromatic carbocycles. The smallest absolute Gasteiger partial charge is 0.192 e. The van der Waals surface area contributed by atoms with E-state index in [2.05, 4.69) is 108 Å². The zero-order chi connectivity index (χ0) is 35.0. The first-order chi connectivity index (χ1) is 20.8. The van der Waals surface area contributed by atoms with Gasteiger partial charge in [-0.1, -0.05) is 87.8 Å². The second kappa shape index (κ2) is 12.9. The van der Waals surface area contributed by atoms with Crippen LogP contribution in [-0.2, 0) is 8.85 Å². The van der Waals surface area contributed by atoms with Crippen LogP contribution in [0.15, 0.2) is 11.6 Å². The average Bonchev–Trinajstić information content (AvgIpc) is 3.23. The zero-order valence-corrected chi connectivity index (χ0v) is 34.5. The van der Waals surface area contributed by atoms with E-state index >= 15 is 0 Å². The van der Waals surface area contributed by atoms with Crippen molar-refractivity contribution in [3.05, 3.63) is 11.6 Å². The molecule has 3 saturated carbocycles. The molecule has 3 fully saturated rings. The molecule has 0 saturated heterocycles. The van der Waals surface area contributed by atoms with Gasteiger partial charge in [-0.25, -0.2) is 0 Å². The molecule has 12 atom stereocenters. The summed E-state index contributed by atoms with van der Waals surface area (Å²) in [7, 11) is -4.13. The van der Waals surface area contributed by atoms with Crippen molar-refractivity contribution in [3.63, 3.8) is 0 Å². The van der Waals surface area contributed by atoms with E-state index in [-0.39, 0.29) is 45.0 Å². The van der Waals surface area contributed by atoms with Crippen LogP contribution in [0.1, 0.15) is 121 Å². The topological polar surface area (TPSA) is 79.2 Å². The van der Waals surface area contributed by atoms with Crippen molar-refractivity contribution in [1.29, 1.82) is 0 Å². The summed E-state index contributed by atoms with van der Waals surface area (Å²) in [5.41, 5.74) is 1.11. The third-order valence-electron chi connectivity index (χ3n) is 14.9. The van der Waals surface area contributed by atoms with E-state index in [1.807, 2.05) is 0 Å². The standard InChI is InChI=1S/C39H74O5Si2/c1-24(2)16-19-31(43-45(12,13)36(4,5)6)25(3)27-17-18-28-26-22-30(41)34-35(42)29(40)20-21-38(34,10)33(26)32(23-39(27,28)11)44-46(14,15)37(7,8)9/h22,24-25,27-35,40-42H,16-21,23H2,1-15H3/t25-,27+,28-,29-,30-,31+,32+,33+,34-,35-,38+,39+/m0/s1. The maximum Gasteiger partial charge on any atom is 0.192 e. The summed E-state index contributed by atoms with van der Waals surface area (Å²) in [5, 5.41) is 34.0. The first-order valence-electron chi connectivity index (χ1n) is 18.9. The largest absolute Gasteiger partial charge is 0.414 e. The number of fused-ring (bicyclic) bond motifs is 5. The van der Waals surface area contributed by atoms with Gasteiger partial charge in [0.25, 0.3) is 0 Å². The van der Waals surface area contributed by atoms with Gasteiger partial charge in [-0.2, -0.15) is 0 Å². The van der Waals surface area contributed by atoms with Gasteiger partial charge in [0.15, 0.2) is 16.6 Å². The minimum atomic E-state index is -2.15. The fourth-order valence-electron chi connectivity index (χ4n) is 10.1. The predicted molar refractivity (Wildman–Crippen MR) is 197 cm³/mol. The zero-order valence-electron chi connectivity index (χ0n) is 32.5. The highest BCUT2D eigenvalue weighted by molar-refractivity contribution is 6.74. The van der Waals surface area contributed by atoms with E-state index in [0.29, 0.717) is 30.1 Å². The molecule has 0 amide bonds. The van der Waals surface area contributed by atoms with Gasteiger partial charge in [0.2, 0.25) is 0 Å². The Kier molecular flexibility index (Phi) is 10.9. The Morgan fingerprint density at radius 1 is 0.848 bits per heavy atom. The van der Waals surface area contributed by atoms with E-state index in [4.69, 9.17) is 8.85 Å². The first kappa shape index (κ1) is 38.8. The number of hydrogen-bond acceptors (Lipinski definition) is 5. The summed E-state index contributed by atoms with van der Waals surface area (Å²) < 4.78 is 14.9.